The minimum Gasteiger partial charge on any atom is -0.375 e. The van der Waals surface area contributed by atoms with Crippen LogP contribution < -0.4 is 5.73 Å². The SMILES string of the molecule is Cl.Cl.N#Cc1ccc(C=CCN2CCc3nc(N)sc3CC2)cc1. The molecular weight excluding hydrogens is 363 g/mol. The van der Waals surface area contributed by atoms with E-state index in [2.05, 4.69) is 28.1 Å². The Morgan fingerprint density at radius 2 is 1.92 bits per heavy atom. The lowest BCUT2D eigenvalue weighted by Gasteiger charge is -2.17. The Hall–Kier alpha value is -1.58. The van der Waals surface area contributed by atoms with Crippen molar-refractivity contribution in [1.82, 2.24) is 9.88 Å². The number of nitriles is 1. The third-order valence-electron chi connectivity index (χ3n) is 3.83. The number of anilines is 1. The van der Waals surface area contributed by atoms with Gasteiger partial charge in [-0.25, -0.2) is 4.98 Å². The zero-order valence-corrected chi connectivity index (χ0v) is 15.6. The van der Waals surface area contributed by atoms with E-state index in [1.165, 1.54) is 10.6 Å². The minimum absolute atomic E-state index is 0. The second-order valence-electron chi connectivity index (χ2n) is 5.36. The Morgan fingerprint density at radius 1 is 1.21 bits per heavy atom. The molecule has 0 fully saturated rings. The Morgan fingerprint density at radius 3 is 2.62 bits per heavy atom. The van der Waals surface area contributed by atoms with Crippen molar-refractivity contribution in [2.24, 2.45) is 0 Å². The molecule has 2 heterocycles. The van der Waals surface area contributed by atoms with Gasteiger partial charge < -0.3 is 5.73 Å². The molecule has 7 heteroatoms. The van der Waals surface area contributed by atoms with Gasteiger partial charge in [-0.1, -0.05) is 24.3 Å². The van der Waals surface area contributed by atoms with E-state index in [0.29, 0.717) is 10.7 Å². The number of benzene rings is 1. The number of nitrogens with zero attached hydrogens (tertiary/aromatic N) is 3. The fourth-order valence-corrected chi connectivity index (χ4v) is 3.49. The fraction of sp³-hybridized carbons (Fsp3) is 0.294. The molecule has 0 saturated carbocycles. The molecule has 4 nitrogen and oxygen atoms in total. The summed E-state index contributed by atoms with van der Waals surface area (Å²) >= 11 is 1.63. The van der Waals surface area contributed by atoms with E-state index in [4.69, 9.17) is 11.0 Å². The molecule has 0 bridgehead atoms. The number of nitrogens with two attached hydrogens (primary N) is 1. The van der Waals surface area contributed by atoms with Crippen molar-refractivity contribution < 1.29 is 0 Å². The van der Waals surface area contributed by atoms with Crippen LogP contribution in [-0.2, 0) is 12.8 Å². The molecule has 0 amide bonds. The summed E-state index contributed by atoms with van der Waals surface area (Å²) in [5.41, 5.74) is 8.78. The normalized spacial score (nSPS) is 14.1. The summed E-state index contributed by atoms with van der Waals surface area (Å²) in [6.45, 7) is 3.00. The maximum absolute atomic E-state index is 8.79. The van der Waals surface area contributed by atoms with Gasteiger partial charge >= 0.3 is 0 Å². The first-order valence-corrected chi connectivity index (χ1v) is 8.19. The van der Waals surface area contributed by atoms with Gasteiger partial charge in [0, 0.05) is 30.9 Å². The van der Waals surface area contributed by atoms with E-state index in [1.807, 2.05) is 24.3 Å². The molecule has 2 N–H and O–H groups in total. The summed E-state index contributed by atoms with van der Waals surface area (Å²) in [5, 5.41) is 9.48. The van der Waals surface area contributed by atoms with Crippen molar-refractivity contribution in [3.63, 3.8) is 0 Å². The lowest BCUT2D eigenvalue weighted by Crippen LogP contribution is -2.26. The fourth-order valence-electron chi connectivity index (χ4n) is 2.62. The predicted octanol–water partition coefficient (Wildman–Crippen LogP) is 3.55. The van der Waals surface area contributed by atoms with Crippen molar-refractivity contribution in [2.75, 3.05) is 25.4 Å². The molecule has 1 aromatic carbocycles. The largest absolute Gasteiger partial charge is 0.375 e. The molecule has 0 saturated heterocycles. The highest BCUT2D eigenvalue weighted by atomic mass is 35.5. The summed E-state index contributed by atoms with van der Waals surface area (Å²) in [6, 6.07) is 9.77. The van der Waals surface area contributed by atoms with E-state index in [0.717, 1.165) is 38.0 Å². The molecule has 1 aliphatic rings. The van der Waals surface area contributed by atoms with Crippen LogP contribution in [0.5, 0.6) is 0 Å². The van der Waals surface area contributed by atoms with Crippen molar-refractivity contribution in [3.8, 4) is 6.07 Å². The lowest BCUT2D eigenvalue weighted by atomic mass is 10.1. The van der Waals surface area contributed by atoms with E-state index in [-0.39, 0.29) is 24.8 Å². The van der Waals surface area contributed by atoms with Gasteiger partial charge in [-0.15, -0.1) is 36.2 Å². The van der Waals surface area contributed by atoms with Crippen LogP contribution in [0.25, 0.3) is 6.08 Å². The van der Waals surface area contributed by atoms with Crippen LogP contribution in [0.15, 0.2) is 30.3 Å². The first kappa shape index (κ1) is 20.5. The number of nitrogen functional groups attached to an aromatic ring is 1. The number of hydrogen-bond donors (Lipinski definition) is 1. The average Bonchev–Trinajstić information content (AvgIpc) is 2.80. The van der Waals surface area contributed by atoms with E-state index >= 15 is 0 Å². The molecule has 24 heavy (non-hydrogen) atoms. The molecule has 0 unspecified atom stereocenters. The molecule has 0 radical (unpaired) electrons. The number of rotatable bonds is 3. The van der Waals surface area contributed by atoms with E-state index in [1.54, 1.807) is 11.3 Å². The zero-order chi connectivity index (χ0) is 15.4. The van der Waals surface area contributed by atoms with Gasteiger partial charge in [-0.3, -0.25) is 4.90 Å². The molecule has 0 aliphatic carbocycles. The first-order valence-electron chi connectivity index (χ1n) is 7.38. The topological polar surface area (TPSA) is 65.9 Å². The Bertz CT molecular complexity index is 694. The third-order valence-corrected chi connectivity index (χ3v) is 4.81. The molecule has 0 atom stereocenters. The van der Waals surface area contributed by atoms with Crippen LogP contribution in [0.2, 0.25) is 0 Å². The molecular formula is C17H20Cl2N4S. The highest BCUT2D eigenvalue weighted by Crippen LogP contribution is 2.24. The first-order chi connectivity index (χ1) is 10.7. The van der Waals surface area contributed by atoms with Gasteiger partial charge in [0.05, 0.1) is 17.3 Å². The van der Waals surface area contributed by atoms with Crippen molar-refractivity contribution >= 4 is 47.4 Å². The lowest BCUT2D eigenvalue weighted by molar-refractivity contribution is 0.318. The minimum atomic E-state index is 0. The summed E-state index contributed by atoms with van der Waals surface area (Å²) < 4.78 is 0. The van der Waals surface area contributed by atoms with E-state index in [9.17, 15) is 0 Å². The van der Waals surface area contributed by atoms with Gasteiger partial charge in [-0.05, 0) is 24.1 Å². The maximum Gasteiger partial charge on any atom is 0.180 e. The van der Waals surface area contributed by atoms with Gasteiger partial charge in [0.1, 0.15) is 0 Å². The molecule has 3 rings (SSSR count). The second kappa shape index (κ2) is 9.65. The standard InChI is InChI=1S/C17H18N4S.2ClH/c18-12-14-5-3-13(4-6-14)2-1-9-21-10-7-15-16(8-11-21)22-17(19)20-15;;/h1-6H,7-11H2,(H2,19,20);2*1H. The van der Waals surface area contributed by atoms with Crippen LogP contribution in [0, 0.1) is 11.3 Å². The summed E-state index contributed by atoms with van der Waals surface area (Å²) in [5.74, 6) is 0. The third kappa shape index (κ3) is 5.22. The number of thiazole rings is 1. The van der Waals surface area contributed by atoms with Gasteiger partial charge in [0.15, 0.2) is 5.13 Å². The van der Waals surface area contributed by atoms with Gasteiger partial charge in [0.2, 0.25) is 0 Å². The smallest absolute Gasteiger partial charge is 0.180 e. The van der Waals surface area contributed by atoms with Crippen molar-refractivity contribution in [1.29, 1.82) is 5.26 Å². The predicted molar refractivity (Wildman–Crippen MR) is 105 cm³/mol. The Kier molecular flexibility index (Phi) is 8.23. The van der Waals surface area contributed by atoms with Gasteiger partial charge in [0.25, 0.3) is 0 Å². The summed E-state index contributed by atoms with van der Waals surface area (Å²) in [7, 11) is 0. The van der Waals surface area contributed by atoms with Crippen LogP contribution in [-0.4, -0.2) is 29.5 Å². The molecule has 1 aromatic heterocycles. The zero-order valence-electron chi connectivity index (χ0n) is 13.1. The number of halogens is 2. The molecule has 0 spiro atoms. The van der Waals surface area contributed by atoms with Crippen molar-refractivity contribution in [2.45, 2.75) is 12.8 Å². The van der Waals surface area contributed by atoms with Crippen LogP contribution in [0.1, 0.15) is 21.7 Å². The monoisotopic (exact) mass is 382 g/mol. The number of fused-ring (bicyclic) bond motifs is 1. The summed E-state index contributed by atoms with van der Waals surface area (Å²) in [4.78, 5) is 8.19. The number of hydrogen-bond acceptors (Lipinski definition) is 5. The quantitative estimate of drug-likeness (QED) is 0.880. The maximum atomic E-state index is 8.79. The van der Waals surface area contributed by atoms with Crippen LogP contribution in [0.3, 0.4) is 0 Å². The Labute approximate surface area is 158 Å². The van der Waals surface area contributed by atoms with Crippen LogP contribution in [0.4, 0.5) is 5.13 Å². The molecule has 128 valence electrons. The summed E-state index contributed by atoms with van der Waals surface area (Å²) in [6.07, 6.45) is 6.31. The van der Waals surface area contributed by atoms with Crippen LogP contribution >= 0.6 is 36.2 Å². The highest BCUT2D eigenvalue weighted by molar-refractivity contribution is 7.15. The Balaban J connectivity index is 0.00000144. The van der Waals surface area contributed by atoms with E-state index < -0.39 is 0 Å². The number of aromatic nitrogens is 1. The van der Waals surface area contributed by atoms with Gasteiger partial charge in [-0.2, -0.15) is 5.26 Å². The molecule has 2 aromatic rings. The second-order valence-corrected chi connectivity index (χ2v) is 6.47. The average molecular weight is 383 g/mol. The molecule has 1 aliphatic heterocycles. The highest BCUT2D eigenvalue weighted by Gasteiger charge is 2.16. The van der Waals surface area contributed by atoms with Crippen molar-refractivity contribution in [3.05, 3.63) is 52.0 Å².